The number of nitrogens with one attached hydrogen (secondary N) is 4. The van der Waals surface area contributed by atoms with Crippen molar-refractivity contribution < 1.29 is 32.3 Å². The van der Waals surface area contributed by atoms with Gasteiger partial charge in [0.2, 0.25) is 5.91 Å². The second-order valence-corrected chi connectivity index (χ2v) is 18.1. The van der Waals surface area contributed by atoms with Gasteiger partial charge in [-0.05, 0) is 55.3 Å². The molecule has 3 aliphatic heterocycles. The molecule has 4 N–H and O–H groups in total. The Morgan fingerprint density at radius 1 is 0.770 bits per heavy atom. The lowest BCUT2D eigenvalue weighted by molar-refractivity contribution is -0.132. The van der Waals surface area contributed by atoms with Crippen LogP contribution >= 0.6 is 0 Å². The van der Waals surface area contributed by atoms with Crippen molar-refractivity contribution >= 4 is 57.8 Å². The molecule has 74 heavy (non-hydrogen) atoms. The number of piperidine rings is 1. The van der Waals surface area contributed by atoms with Crippen molar-refractivity contribution in [3.63, 3.8) is 0 Å². The number of aryl methyl sites for hydroxylation is 1. The molecule has 1 atom stereocenters. The molecule has 23 heteroatoms. The van der Waals surface area contributed by atoms with Gasteiger partial charge in [0.05, 0.1) is 68.8 Å². The second-order valence-electron chi connectivity index (χ2n) is 18.1. The van der Waals surface area contributed by atoms with Gasteiger partial charge in [-0.1, -0.05) is 12.1 Å². The summed E-state index contributed by atoms with van der Waals surface area (Å²) < 4.78 is 55.5. The van der Waals surface area contributed by atoms with Crippen LogP contribution < -0.4 is 40.7 Å². The smallest absolute Gasteiger partial charge is 0.273 e. The molecular formula is C51H64FN17O5. The topological polar surface area (TPSA) is 221 Å². The molecule has 2 aromatic carbocycles. The minimum atomic E-state index is -2.77. The van der Waals surface area contributed by atoms with E-state index >= 15 is 0 Å². The summed E-state index contributed by atoms with van der Waals surface area (Å²) in [6, 6.07) is 19.5. The number of methoxy groups -OCH3 is 1. The number of amides is 2. The third-order valence-corrected chi connectivity index (χ3v) is 13.1. The summed E-state index contributed by atoms with van der Waals surface area (Å²) in [5.41, 5.74) is 2.68. The van der Waals surface area contributed by atoms with Crippen LogP contribution in [0.1, 0.15) is 33.9 Å². The number of benzene rings is 2. The number of aromatic nitrogens is 8. The Hall–Kier alpha value is -7.76. The van der Waals surface area contributed by atoms with Crippen LogP contribution in [0.5, 0.6) is 5.75 Å². The lowest BCUT2D eigenvalue weighted by Gasteiger charge is -2.36. The maximum Gasteiger partial charge on any atom is 0.273 e. The molecule has 4 aromatic heterocycles. The number of piperazine rings is 2. The Balaban J connectivity index is 0.658. The molecule has 0 unspecified atom stereocenters. The molecular weight excluding hydrogens is 950 g/mol. The Morgan fingerprint density at radius 2 is 1.59 bits per heavy atom. The van der Waals surface area contributed by atoms with Gasteiger partial charge in [0, 0.05) is 114 Å². The molecule has 6 aromatic rings. The zero-order valence-corrected chi connectivity index (χ0v) is 41.6. The summed E-state index contributed by atoms with van der Waals surface area (Å²) in [7, 11) is 3.24. The number of nitrogens with zero attached hydrogens (tertiary/aromatic N) is 13. The normalized spacial score (nSPS) is 17.0. The summed E-state index contributed by atoms with van der Waals surface area (Å²) in [5, 5.41) is 24.4. The van der Waals surface area contributed by atoms with E-state index < -0.39 is 12.9 Å². The fraction of sp³-hybridized carbons (Fsp3) is 0.431. The predicted octanol–water partition coefficient (Wildman–Crippen LogP) is 4.43. The molecule has 3 saturated heterocycles. The van der Waals surface area contributed by atoms with E-state index in [-0.39, 0.29) is 35.0 Å². The van der Waals surface area contributed by atoms with Gasteiger partial charge in [-0.2, -0.15) is 5.10 Å². The third-order valence-electron chi connectivity index (χ3n) is 13.1. The molecule has 9 rings (SSSR count). The molecule has 0 radical (unpaired) electrons. The van der Waals surface area contributed by atoms with Crippen molar-refractivity contribution in [2.45, 2.75) is 25.3 Å². The monoisotopic (exact) mass is 1020 g/mol. The summed E-state index contributed by atoms with van der Waals surface area (Å²) in [6.07, 6.45) is 7.23. The number of para-hydroxylation sites is 1. The van der Waals surface area contributed by atoms with E-state index in [1.54, 1.807) is 67.0 Å². The van der Waals surface area contributed by atoms with E-state index in [2.05, 4.69) is 70.8 Å². The number of anilines is 8. The highest BCUT2D eigenvalue weighted by molar-refractivity contribution is 5.99. The second kappa shape index (κ2) is 24.8. The molecule has 0 spiro atoms. The van der Waals surface area contributed by atoms with Crippen molar-refractivity contribution in [3.8, 4) is 17.1 Å². The first kappa shape index (κ1) is 47.3. The van der Waals surface area contributed by atoms with E-state index in [0.717, 1.165) is 81.7 Å². The molecule has 3 aliphatic rings. The first-order valence-electron chi connectivity index (χ1n) is 26.3. The Kier molecular flexibility index (Phi) is 15.8. The number of halogens is 1. The highest BCUT2D eigenvalue weighted by Crippen LogP contribution is 2.37. The van der Waals surface area contributed by atoms with Gasteiger partial charge in [0.1, 0.15) is 35.9 Å². The van der Waals surface area contributed by atoms with Crippen molar-refractivity contribution in [1.82, 2.24) is 55.0 Å². The number of carbonyl (C=O) groups is 2. The number of hydrogen-bond donors (Lipinski definition) is 4. The van der Waals surface area contributed by atoms with Crippen LogP contribution in [0.4, 0.5) is 50.4 Å². The number of pyridine rings is 1. The van der Waals surface area contributed by atoms with Gasteiger partial charge in [0.25, 0.3) is 5.91 Å². The van der Waals surface area contributed by atoms with E-state index in [4.69, 9.17) is 18.3 Å². The van der Waals surface area contributed by atoms with Crippen LogP contribution in [0.15, 0.2) is 85.6 Å². The first-order valence-corrected chi connectivity index (χ1v) is 24.8. The predicted molar refractivity (Wildman–Crippen MR) is 280 cm³/mol. The van der Waals surface area contributed by atoms with Crippen molar-refractivity contribution in [1.29, 1.82) is 0 Å². The molecule has 7 heterocycles. The quantitative estimate of drug-likeness (QED) is 0.0733. The fourth-order valence-electron chi connectivity index (χ4n) is 9.25. The van der Waals surface area contributed by atoms with Gasteiger partial charge in [-0.15, -0.1) is 10.2 Å². The number of rotatable bonds is 21. The number of carbonyl (C=O) groups excluding carboxylic acids is 2. The third kappa shape index (κ3) is 13.3. The lowest BCUT2D eigenvalue weighted by atomic mass is 10.0. The van der Waals surface area contributed by atoms with Crippen molar-refractivity contribution in [3.05, 3.63) is 97.1 Å². The standard InChI is InChI=1S/C51H64FN17O5/c1-53-51(71)48-42(59-41-11-5-10-40(49(41)72-3)50-57-35-64(2)63-50)30-45(61-62-48)60-43-13-12-39(32-54-43)66-20-22-68(23-21-66)47(70)14-25-73-27-28-74-26-24-65-16-18-67(19-17-65)46-31-44(55-34-56-46)58-37-8-6-15-69(33-37)38-9-4-7-36(52)29-38/h4-5,7,9-13,29-32,34-35,37H,6,8,14-28,33H2,1-3H3,(H,53,71)(H,55,56,58)(H2,54,59,60,61)/t37-/m1/s1/i1D3. The molecule has 0 saturated carbocycles. The van der Waals surface area contributed by atoms with E-state index in [1.807, 2.05) is 28.4 Å². The molecule has 390 valence electrons. The van der Waals surface area contributed by atoms with Crippen LogP contribution in [0.25, 0.3) is 11.4 Å². The zero-order valence-electron chi connectivity index (χ0n) is 44.6. The van der Waals surface area contributed by atoms with Gasteiger partial charge >= 0.3 is 0 Å². The van der Waals surface area contributed by atoms with Gasteiger partial charge in [-0.25, -0.2) is 24.3 Å². The van der Waals surface area contributed by atoms with Gasteiger partial charge in [0.15, 0.2) is 23.1 Å². The largest absolute Gasteiger partial charge is 0.494 e. The summed E-state index contributed by atoms with van der Waals surface area (Å²) >= 11 is 0. The minimum Gasteiger partial charge on any atom is -0.494 e. The summed E-state index contributed by atoms with van der Waals surface area (Å²) in [6.45, 7) is 7.39. The molecule has 0 aliphatic carbocycles. The molecule has 2 amide bonds. The molecule has 22 nitrogen and oxygen atoms in total. The van der Waals surface area contributed by atoms with Crippen LogP contribution in [-0.4, -0.2) is 180 Å². The van der Waals surface area contributed by atoms with E-state index in [0.29, 0.717) is 87.7 Å². The van der Waals surface area contributed by atoms with Crippen LogP contribution in [0, 0.1) is 5.82 Å². The average molecular weight is 1020 g/mol. The van der Waals surface area contributed by atoms with Crippen molar-refractivity contribution in [2.24, 2.45) is 7.05 Å². The van der Waals surface area contributed by atoms with Crippen molar-refractivity contribution in [2.75, 3.05) is 143 Å². The summed E-state index contributed by atoms with van der Waals surface area (Å²) in [4.78, 5) is 55.1. The van der Waals surface area contributed by atoms with E-state index in [9.17, 15) is 14.0 Å². The van der Waals surface area contributed by atoms with Crippen LogP contribution in [0.3, 0.4) is 0 Å². The van der Waals surface area contributed by atoms with Gasteiger partial charge in [-0.3, -0.25) is 19.2 Å². The SMILES string of the molecule is [2H]C([2H])([2H])NC(=O)c1nnc(Nc2ccc(N3CCN(C(=O)CCOCCOCCN4CCN(c5cc(N[C@@H]6CCCN(c7cccc(F)c7)C6)ncn5)CC4)CC3)cn2)cc1Nc1cccc(-c2ncn(C)n2)c1OC. The fourth-order valence-corrected chi connectivity index (χ4v) is 9.25. The minimum absolute atomic E-state index is 0.0447. The van der Waals surface area contributed by atoms with Crippen LogP contribution in [-0.2, 0) is 21.3 Å². The number of ether oxygens (including phenoxy) is 3. The Bertz CT molecular complexity index is 2920. The maximum absolute atomic E-state index is 13.9. The van der Waals surface area contributed by atoms with Gasteiger partial charge < -0.3 is 55.1 Å². The lowest BCUT2D eigenvalue weighted by Crippen LogP contribution is -2.49. The Morgan fingerprint density at radius 3 is 2.36 bits per heavy atom. The highest BCUT2D eigenvalue weighted by Gasteiger charge is 2.25. The Labute approximate surface area is 433 Å². The first-order chi connectivity index (χ1) is 37.3. The average Bonchev–Trinajstić information content (AvgIpc) is 3.88. The number of hydrogen-bond acceptors (Lipinski definition) is 19. The summed E-state index contributed by atoms with van der Waals surface area (Å²) in [5.74, 6) is 2.04. The van der Waals surface area contributed by atoms with Crippen LogP contribution in [0.2, 0.25) is 0 Å². The maximum atomic E-state index is 13.9. The molecule has 3 fully saturated rings. The highest BCUT2D eigenvalue weighted by atomic mass is 19.1. The molecule has 0 bridgehead atoms. The zero-order chi connectivity index (χ0) is 53.7. The van der Waals surface area contributed by atoms with E-state index in [1.165, 1.54) is 19.2 Å².